The molecule has 0 N–H and O–H groups in total. The fourth-order valence-electron chi connectivity index (χ4n) is 1.34. The van der Waals surface area contributed by atoms with Gasteiger partial charge in [0, 0.05) is 4.47 Å². The Kier molecular flexibility index (Phi) is 3.02. The predicted octanol–water partition coefficient (Wildman–Crippen LogP) is 0.835. The van der Waals surface area contributed by atoms with E-state index in [9.17, 15) is 9.90 Å². The van der Waals surface area contributed by atoms with Crippen molar-refractivity contribution in [3.8, 4) is 17.6 Å². The number of ether oxygens (including phenoxy) is 2. The van der Waals surface area contributed by atoms with Crippen LogP contribution in [0.2, 0.25) is 0 Å². The zero-order valence-electron chi connectivity index (χ0n) is 8.40. The van der Waals surface area contributed by atoms with Gasteiger partial charge in [-0.2, -0.15) is 5.26 Å². The molecule has 0 aromatic heterocycles. The number of nitriles is 1. The van der Waals surface area contributed by atoms with Crippen LogP contribution in [0.3, 0.4) is 0 Å². The average molecular weight is 295 g/mol. The van der Waals surface area contributed by atoms with Crippen LogP contribution in [0, 0.1) is 11.3 Å². The van der Waals surface area contributed by atoms with E-state index < -0.39 is 11.5 Å². The maximum absolute atomic E-state index is 10.6. The summed E-state index contributed by atoms with van der Waals surface area (Å²) in [5, 5.41) is 19.2. The number of rotatable bonds is 2. The predicted molar refractivity (Wildman–Crippen MR) is 58.9 cm³/mol. The molecule has 17 heavy (non-hydrogen) atoms. The van der Waals surface area contributed by atoms with Crippen LogP contribution >= 0.6 is 15.9 Å². The lowest BCUT2D eigenvalue weighted by Gasteiger charge is -2.04. The summed E-state index contributed by atoms with van der Waals surface area (Å²) in [5.41, 5.74) is 0.0552. The number of carbonyl (C=O) groups excluding carboxylic acids is 1. The summed E-state index contributed by atoms with van der Waals surface area (Å²) >= 11 is 3.25. The van der Waals surface area contributed by atoms with Crippen molar-refractivity contribution in [3.05, 3.63) is 27.7 Å². The molecule has 0 saturated heterocycles. The van der Waals surface area contributed by atoms with Gasteiger partial charge in [-0.05, 0) is 23.8 Å². The minimum atomic E-state index is -1.52. The Morgan fingerprint density at radius 2 is 2.12 bits per heavy atom. The minimum absolute atomic E-state index is 0.126. The highest BCUT2D eigenvalue weighted by molar-refractivity contribution is 9.10. The molecule has 2 rings (SSSR count). The van der Waals surface area contributed by atoms with Crippen LogP contribution in [0.5, 0.6) is 11.5 Å². The van der Waals surface area contributed by atoms with Crippen molar-refractivity contribution in [1.82, 2.24) is 0 Å². The van der Waals surface area contributed by atoms with E-state index in [1.165, 1.54) is 6.08 Å². The number of hydrogen-bond donors (Lipinski definition) is 0. The van der Waals surface area contributed by atoms with E-state index in [1.54, 1.807) is 18.2 Å². The summed E-state index contributed by atoms with van der Waals surface area (Å²) in [6.45, 7) is 0.126. The van der Waals surface area contributed by atoms with E-state index in [-0.39, 0.29) is 6.79 Å². The van der Waals surface area contributed by atoms with Gasteiger partial charge < -0.3 is 19.4 Å². The molecule has 0 spiro atoms. The van der Waals surface area contributed by atoms with Crippen LogP contribution in [-0.4, -0.2) is 12.8 Å². The molecule has 6 heteroatoms. The lowest BCUT2D eigenvalue weighted by atomic mass is 10.1. The van der Waals surface area contributed by atoms with Gasteiger partial charge in [-0.3, -0.25) is 0 Å². The molecule has 1 aliphatic rings. The largest absolute Gasteiger partial charge is 0.544 e. The maximum atomic E-state index is 10.6. The van der Waals surface area contributed by atoms with Crippen molar-refractivity contribution < 1.29 is 19.4 Å². The van der Waals surface area contributed by atoms with Crippen LogP contribution < -0.4 is 14.6 Å². The lowest BCUT2D eigenvalue weighted by Crippen LogP contribution is -2.23. The Hall–Kier alpha value is -2.00. The molecule has 0 bridgehead atoms. The van der Waals surface area contributed by atoms with Gasteiger partial charge in [0.25, 0.3) is 0 Å². The molecular weight excluding hydrogens is 290 g/mol. The van der Waals surface area contributed by atoms with E-state index >= 15 is 0 Å². The topological polar surface area (TPSA) is 82.4 Å². The number of nitrogens with zero attached hydrogens (tertiary/aromatic N) is 1. The standard InChI is InChI=1S/C11H6BrNO4/c12-8-3-10-9(16-5-17-10)2-6(8)1-7(4-13)11(14)15/h1-3H,5H2,(H,14,15)/p-1/b7-1+. The molecule has 0 amide bonds. The maximum Gasteiger partial charge on any atom is 0.231 e. The van der Waals surface area contributed by atoms with E-state index in [2.05, 4.69) is 15.9 Å². The summed E-state index contributed by atoms with van der Waals surface area (Å²) in [5.74, 6) is -0.437. The normalized spacial score (nSPS) is 13.3. The fourth-order valence-corrected chi connectivity index (χ4v) is 1.77. The molecular formula is C11H5BrNO4-. The number of benzene rings is 1. The SMILES string of the molecule is N#C/C(=C\c1cc2c(cc1Br)OCO2)C(=O)[O-]. The smallest absolute Gasteiger partial charge is 0.231 e. The highest BCUT2D eigenvalue weighted by Gasteiger charge is 2.15. The second-order valence-corrected chi connectivity index (χ2v) is 4.04. The van der Waals surface area contributed by atoms with Crippen molar-refractivity contribution in [2.75, 3.05) is 6.79 Å². The van der Waals surface area contributed by atoms with Gasteiger partial charge >= 0.3 is 0 Å². The molecule has 0 radical (unpaired) electrons. The van der Waals surface area contributed by atoms with E-state index in [1.807, 2.05) is 0 Å². The second-order valence-electron chi connectivity index (χ2n) is 3.18. The average Bonchev–Trinajstić information content (AvgIpc) is 2.72. The highest BCUT2D eigenvalue weighted by Crippen LogP contribution is 2.37. The Morgan fingerprint density at radius 3 is 2.71 bits per heavy atom. The third-order valence-corrected chi connectivity index (χ3v) is 2.82. The van der Waals surface area contributed by atoms with Gasteiger partial charge in [0.1, 0.15) is 6.07 Å². The number of aliphatic carboxylic acids is 1. The summed E-state index contributed by atoms with van der Waals surface area (Å²) < 4.78 is 10.9. The van der Waals surface area contributed by atoms with Gasteiger partial charge in [0.05, 0.1) is 11.5 Å². The van der Waals surface area contributed by atoms with Crippen LogP contribution in [0.25, 0.3) is 6.08 Å². The Morgan fingerprint density at radius 1 is 1.47 bits per heavy atom. The third-order valence-electron chi connectivity index (χ3n) is 2.13. The zero-order valence-corrected chi connectivity index (χ0v) is 9.98. The van der Waals surface area contributed by atoms with Gasteiger partial charge in [-0.15, -0.1) is 0 Å². The van der Waals surface area contributed by atoms with Gasteiger partial charge in [-0.1, -0.05) is 15.9 Å². The lowest BCUT2D eigenvalue weighted by molar-refractivity contribution is -0.298. The number of carboxylic acid groups (broad SMARTS) is 1. The van der Waals surface area contributed by atoms with Crippen molar-refractivity contribution in [3.63, 3.8) is 0 Å². The number of halogens is 1. The summed E-state index contributed by atoms with van der Waals surface area (Å²) in [6, 6.07) is 4.79. The first-order valence-corrected chi connectivity index (χ1v) is 5.33. The number of carbonyl (C=O) groups is 1. The third kappa shape index (κ3) is 2.24. The summed E-state index contributed by atoms with van der Waals surface area (Å²) in [6.07, 6.45) is 1.21. The molecule has 0 fully saturated rings. The van der Waals surface area contributed by atoms with Crippen molar-refractivity contribution in [2.45, 2.75) is 0 Å². The molecule has 0 saturated carbocycles. The summed E-state index contributed by atoms with van der Waals surface area (Å²) in [4.78, 5) is 10.6. The first-order valence-electron chi connectivity index (χ1n) is 4.54. The van der Waals surface area contributed by atoms with Crippen molar-refractivity contribution in [1.29, 1.82) is 5.26 Å². The van der Waals surface area contributed by atoms with E-state index in [4.69, 9.17) is 14.7 Å². The van der Waals surface area contributed by atoms with E-state index in [0.29, 0.717) is 21.5 Å². The first-order chi connectivity index (χ1) is 8.11. The molecule has 1 aromatic rings. The molecule has 86 valence electrons. The summed E-state index contributed by atoms with van der Waals surface area (Å²) in [7, 11) is 0. The van der Waals surface area contributed by atoms with Crippen molar-refractivity contribution >= 4 is 28.0 Å². The zero-order chi connectivity index (χ0) is 12.4. The molecule has 0 unspecified atom stereocenters. The van der Waals surface area contributed by atoms with Crippen LogP contribution in [0.15, 0.2) is 22.2 Å². The minimum Gasteiger partial charge on any atom is -0.544 e. The molecule has 1 aliphatic heterocycles. The highest BCUT2D eigenvalue weighted by atomic mass is 79.9. The monoisotopic (exact) mass is 294 g/mol. The molecule has 1 aromatic carbocycles. The molecule has 1 heterocycles. The number of hydrogen-bond acceptors (Lipinski definition) is 5. The Balaban J connectivity index is 2.47. The van der Waals surface area contributed by atoms with Crippen LogP contribution in [0.4, 0.5) is 0 Å². The Labute approximate surface area is 105 Å². The quantitative estimate of drug-likeness (QED) is 0.596. The molecule has 0 aliphatic carbocycles. The van der Waals surface area contributed by atoms with Crippen LogP contribution in [0.1, 0.15) is 5.56 Å². The van der Waals surface area contributed by atoms with Gasteiger partial charge in [0.2, 0.25) is 6.79 Å². The molecule has 0 atom stereocenters. The second kappa shape index (κ2) is 4.47. The van der Waals surface area contributed by atoms with Crippen molar-refractivity contribution in [2.24, 2.45) is 0 Å². The number of fused-ring (bicyclic) bond motifs is 1. The van der Waals surface area contributed by atoms with E-state index in [0.717, 1.165) is 0 Å². The van der Waals surface area contributed by atoms with Gasteiger partial charge in [-0.25, -0.2) is 0 Å². The van der Waals surface area contributed by atoms with Gasteiger partial charge in [0.15, 0.2) is 11.5 Å². The first kappa shape index (κ1) is 11.5. The molecule has 5 nitrogen and oxygen atoms in total. The number of carboxylic acids is 1. The Bertz CT molecular complexity index is 559. The van der Waals surface area contributed by atoms with Crippen LogP contribution in [-0.2, 0) is 4.79 Å². The fraction of sp³-hybridized carbons (Fsp3) is 0.0909.